The van der Waals surface area contributed by atoms with Crippen molar-refractivity contribution in [1.29, 1.82) is 0 Å². The van der Waals surface area contributed by atoms with Crippen LogP contribution in [0, 0.1) is 0 Å². The van der Waals surface area contributed by atoms with Gasteiger partial charge in [-0.1, -0.05) is 11.8 Å². The summed E-state index contributed by atoms with van der Waals surface area (Å²) in [7, 11) is 0. The Kier molecular flexibility index (Phi) is 6.18. The summed E-state index contributed by atoms with van der Waals surface area (Å²) in [4.78, 5) is 12.5. The number of hydrogen-bond acceptors (Lipinski definition) is 6. The first-order valence-electron chi connectivity index (χ1n) is 8.79. The lowest BCUT2D eigenvalue weighted by Crippen LogP contribution is -2.22. The number of ether oxygens (including phenoxy) is 1. The second kappa shape index (κ2) is 8.77. The molecular formula is C19H22N4O3S. The van der Waals surface area contributed by atoms with Gasteiger partial charge in [0.1, 0.15) is 5.75 Å². The minimum Gasteiger partial charge on any atom is -0.494 e. The van der Waals surface area contributed by atoms with Gasteiger partial charge in [0.25, 0.3) is 0 Å². The Balaban J connectivity index is 1.66. The van der Waals surface area contributed by atoms with E-state index in [-0.39, 0.29) is 11.2 Å². The van der Waals surface area contributed by atoms with E-state index in [2.05, 4.69) is 15.5 Å². The van der Waals surface area contributed by atoms with Crippen LogP contribution in [0.2, 0.25) is 0 Å². The van der Waals surface area contributed by atoms with E-state index < -0.39 is 0 Å². The SMILES string of the molecule is CCOc1ccc(NC(=O)C(C)Sc2nnc(-c3ccco3)n2CC)cc1. The van der Waals surface area contributed by atoms with Crippen molar-refractivity contribution in [3.63, 3.8) is 0 Å². The second-order valence-corrected chi connectivity index (χ2v) is 7.04. The molecule has 1 unspecified atom stereocenters. The molecule has 2 aromatic heterocycles. The average molecular weight is 386 g/mol. The molecule has 1 atom stereocenters. The largest absolute Gasteiger partial charge is 0.494 e. The lowest BCUT2D eigenvalue weighted by molar-refractivity contribution is -0.115. The number of amides is 1. The monoisotopic (exact) mass is 386 g/mol. The molecular weight excluding hydrogens is 364 g/mol. The number of benzene rings is 1. The molecule has 0 saturated carbocycles. The van der Waals surface area contributed by atoms with Crippen molar-refractivity contribution in [3.05, 3.63) is 42.7 Å². The van der Waals surface area contributed by atoms with Gasteiger partial charge >= 0.3 is 0 Å². The van der Waals surface area contributed by atoms with Gasteiger partial charge in [-0.05, 0) is 57.2 Å². The fourth-order valence-electron chi connectivity index (χ4n) is 2.51. The molecule has 0 spiro atoms. The van der Waals surface area contributed by atoms with E-state index in [0.29, 0.717) is 29.9 Å². The lowest BCUT2D eigenvalue weighted by Gasteiger charge is -2.13. The number of aromatic nitrogens is 3. The van der Waals surface area contributed by atoms with Crippen LogP contribution in [-0.4, -0.2) is 32.5 Å². The predicted molar refractivity (Wildman–Crippen MR) is 105 cm³/mol. The van der Waals surface area contributed by atoms with Gasteiger partial charge in [-0.15, -0.1) is 10.2 Å². The van der Waals surface area contributed by atoms with Crippen LogP contribution in [-0.2, 0) is 11.3 Å². The maximum absolute atomic E-state index is 12.5. The van der Waals surface area contributed by atoms with Crippen LogP contribution in [0.15, 0.2) is 52.2 Å². The molecule has 3 rings (SSSR count). The zero-order valence-electron chi connectivity index (χ0n) is 15.5. The Bertz CT molecular complexity index is 875. The molecule has 8 heteroatoms. The van der Waals surface area contributed by atoms with Crippen LogP contribution in [0.25, 0.3) is 11.6 Å². The molecule has 0 aliphatic rings. The fourth-order valence-corrected chi connectivity index (χ4v) is 3.42. The number of carbonyl (C=O) groups is 1. The third-order valence-electron chi connectivity index (χ3n) is 3.86. The molecule has 0 fully saturated rings. The molecule has 1 amide bonds. The Morgan fingerprint density at radius 1 is 1.26 bits per heavy atom. The predicted octanol–water partition coefficient (Wildman–Crippen LogP) is 4.08. The fraction of sp³-hybridized carbons (Fsp3) is 0.316. The topological polar surface area (TPSA) is 82.2 Å². The highest BCUT2D eigenvalue weighted by Crippen LogP contribution is 2.27. The highest BCUT2D eigenvalue weighted by molar-refractivity contribution is 8.00. The Morgan fingerprint density at radius 3 is 2.67 bits per heavy atom. The molecule has 3 aromatic rings. The van der Waals surface area contributed by atoms with Crippen molar-refractivity contribution in [1.82, 2.24) is 14.8 Å². The standard InChI is InChI=1S/C19H22N4O3S/c1-4-23-17(16-7-6-12-26-16)21-22-19(23)27-13(3)18(24)20-14-8-10-15(11-9-14)25-5-2/h6-13H,4-5H2,1-3H3,(H,20,24). The first kappa shape index (κ1) is 19.0. The Morgan fingerprint density at radius 2 is 2.04 bits per heavy atom. The van der Waals surface area contributed by atoms with Crippen LogP contribution in [0.3, 0.4) is 0 Å². The van der Waals surface area contributed by atoms with Gasteiger partial charge in [-0.25, -0.2) is 0 Å². The third-order valence-corrected chi connectivity index (χ3v) is 4.94. The van der Waals surface area contributed by atoms with Crippen molar-refractivity contribution in [2.75, 3.05) is 11.9 Å². The van der Waals surface area contributed by atoms with Crippen molar-refractivity contribution < 1.29 is 13.9 Å². The minimum atomic E-state index is -0.337. The molecule has 1 aromatic carbocycles. The molecule has 1 N–H and O–H groups in total. The number of nitrogens with zero attached hydrogens (tertiary/aromatic N) is 3. The summed E-state index contributed by atoms with van der Waals surface area (Å²) < 4.78 is 12.8. The zero-order chi connectivity index (χ0) is 19.2. The van der Waals surface area contributed by atoms with Crippen LogP contribution in [0.1, 0.15) is 20.8 Å². The van der Waals surface area contributed by atoms with Gasteiger partial charge < -0.3 is 14.5 Å². The maximum atomic E-state index is 12.5. The number of furan rings is 1. The first-order valence-corrected chi connectivity index (χ1v) is 9.67. The number of carbonyl (C=O) groups excluding carboxylic acids is 1. The van der Waals surface area contributed by atoms with Crippen LogP contribution >= 0.6 is 11.8 Å². The van der Waals surface area contributed by atoms with Crippen LogP contribution < -0.4 is 10.1 Å². The molecule has 27 heavy (non-hydrogen) atoms. The van der Waals surface area contributed by atoms with Crippen molar-refractivity contribution >= 4 is 23.4 Å². The number of anilines is 1. The summed E-state index contributed by atoms with van der Waals surface area (Å²) in [5.74, 6) is 1.99. The van der Waals surface area contributed by atoms with E-state index in [9.17, 15) is 4.79 Å². The Hall–Kier alpha value is -2.74. The molecule has 142 valence electrons. The zero-order valence-corrected chi connectivity index (χ0v) is 16.3. The van der Waals surface area contributed by atoms with E-state index in [1.165, 1.54) is 11.8 Å². The van der Waals surface area contributed by atoms with E-state index in [1.54, 1.807) is 6.26 Å². The number of nitrogens with one attached hydrogen (secondary N) is 1. The normalized spacial score (nSPS) is 12.0. The van der Waals surface area contributed by atoms with E-state index in [1.807, 2.05) is 61.7 Å². The van der Waals surface area contributed by atoms with Gasteiger partial charge in [0.2, 0.25) is 5.91 Å². The summed E-state index contributed by atoms with van der Waals surface area (Å²) in [5, 5.41) is 11.7. The molecule has 0 bridgehead atoms. The van der Waals surface area contributed by atoms with Gasteiger partial charge in [0, 0.05) is 12.2 Å². The van der Waals surface area contributed by atoms with Crippen LogP contribution in [0.4, 0.5) is 5.69 Å². The first-order chi connectivity index (χ1) is 13.1. The van der Waals surface area contributed by atoms with E-state index >= 15 is 0 Å². The minimum absolute atomic E-state index is 0.102. The molecule has 2 heterocycles. The number of rotatable bonds is 8. The second-order valence-electron chi connectivity index (χ2n) is 5.73. The molecule has 0 aliphatic carbocycles. The number of hydrogen-bond donors (Lipinski definition) is 1. The highest BCUT2D eigenvalue weighted by atomic mass is 32.2. The smallest absolute Gasteiger partial charge is 0.237 e. The maximum Gasteiger partial charge on any atom is 0.237 e. The quantitative estimate of drug-likeness (QED) is 0.588. The summed E-state index contributed by atoms with van der Waals surface area (Å²) in [6.45, 7) is 7.07. The summed E-state index contributed by atoms with van der Waals surface area (Å²) in [6.07, 6.45) is 1.60. The summed E-state index contributed by atoms with van der Waals surface area (Å²) in [6, 6.07) is 11.0. The van der Waals surface area contributed by atoms with Crippen LogP contribution in [0.5, 0.6) is 5.75 Å². The molecule has 0 aliphatic heterocycles. The van der Waals surface area contributed by atoms with Crippen molar-refractivity contribution in [2.24, 2.45) is 0 Å². The molecule has 0 saturated heterocycles. The summed E-state index contributed by atoms with van der Waals surface area (Å²) >= 11 is 1.36. The third kappa shape index (κ3) is 4.51. The Labute approximate surface area is 162 Å². The van der Waals surface area contributed by atoms with Gasteiger partial charge in [-0.3, -0.25) is 9.36 Å². The summed E-state index contributed by atoms with van der Waals surface area (Å²) in [5.41, 5.74) is 0.726. The van der Waals surface area contributed by atoms with E-state index in [4.69, 9.17) is 9.15 Å². The van der Waals surface area contributed by atoms with Crippen molar-refractivity contribution in [2.45, 2.75) is 37.7 Å². The van der Waals surface area contributed by atoms with E-state index in [0.717, 1.165) is 11.4 Å². The highest BCUT2D eigenvalue weighted by Gasteiger charge is 2.21. The average Bonchev–Trinajstić information content (AvgIpc) is 3.32. The van der Waals surface area contributed by atoms with Gasteiger partial charge in [0.15, 0.2) is 16.7 Å². The molecule has 7 nitrogen and oxygen atoms in total. The van der Waals surface area contributed by atoms with Crippen molar-refractivity contribution in [3.8, 4) is 17.3 Å². The lowest BCUT2D eigenvalue weighted by atomic mass is 10.3. The van der Waals surface area contributed by atoms with Gasteiger partial charge in [0.05, 0.1) is 18.1 Å². The van der Waals surface area contributed by atoms with Gasteiger partial charge in [-0.2, -0.15) is 0 Å². The molecule has 0 radical (unpaired) electrons. The number of thioether (sulfide) groups is 1.